The van der Waals surface area contributed by atoms with Gasteiger partial charge in [0.2, 0.25) is 0 Å². The van der Waals surface area contributed by atoms with E-state index in [1.807, 2.05) is 0 Å². The van der Waals surface area contributed by atoms with Gasteiger partial charge in [-0.25, -0.2) is 0 Å². The molecule has 0 aromatic heterocycles. The second-order valence-electron chi connectivity index (χ2n) is 6.07. The van der Waals surface area contributed by atoms with Gasteiger partial charge in [-0.2, -0.15) is 0 Å². The summed E-state index contributed by atoms with van der Waals surface area (Å²) >= 11 is 5.07. The van der Waals surface area contributed by atoms with Gasteiger partial charge >= 0.3 is 0 Å². The molecule has 3 heteroatoms. The zero-order valence-corrected chi connectivity index (χ0v) is 13.1. The van der Waals surface area contributed by atoms with E-state index in [1.54, 1.807) is 0 Å². The predicted octanol–water partition coefficient (Wildman–Crippen LogP) is 3.50. The number of aryl methyl sites for hydroxylation is 1. The maximum atomic E-state index is 5.73. The first-order valence-electron chi connectivity index (χ1n) is 7.07. The fourth-order valence-corrected chi connectivity index (χ4v) is 3.39. The van der Waals surface area contributed by atoms with Crippen LogP contribution in [0.25, 0.3) is 0 Å². The number of benzene rings is 1. The number of hydrogen-bond donors (Lipinski definition) is 1. The second-order valence-corrected chi connectivity index (χ2v) is 6.51. The highest BCUT2D eigenvalue weighted by Crippen LogP contribution is 2.32. The van der Waals surface area contributed by atoms with Crippen LogP contribution in [-0.2, 0) is 0 Å². The highest BCUT2D eigenvalue weighted by Gasteiger charge is 2.28. The van der Waals surface area contributed by atoms with E-state index in [0.717, 1.165) is 23.9 Å². The maximum Gasteiger partial charge on any atom is 0.104 e. The van der Waals surface area contributed by atoms with Crippen LogP contribution in [0.5, 0.6) is 0 Å². The van der Waals surface area contributed by atoms with E-state index >= 15 is 0 Å². The summed E-state index contributed by atoms with van der Waals surface area (Å²) in [5, 5.41) is 0. The number of rotatable bonds is 2. The third kappa shape index (κ3) is 2.92. The van der Waals surface area contributed by atoms with Gasteiger partial charge in [0, 0.05) is 23.8 Å². The normalized spacial score (nSPS) is 27.4. The molecule has 104 valence electrons. The van der Waals surface area contributed by atoms with Crippen molar-refractivity contribution in [2.24, 2.45) is 17.6 Å². The Labute approximate surface area is 122 Å². The molecule has 3 unspecified atom stereocenters. The zero-order valence-electron chi connectivity index (χ0n) is 12.3. The third-order valence-electron chi connectivity index (χ3n) is 4.40. The van der Waals surface area contributed by atoms with Crippen molar-refractivity contribution in [3.63, 3.8) is 0 Å². The van der Waals surface area contributed by atoms with Gasteiger partial charge in [-0.05, 0) is 55.9 Å². The van der Waals surface area contributed by atoms with Gasteiger partial charge in [-0.15, -0.1) is 0 Å². The van der Waals surface area contributed by atoms with E-state index in [0.29, 0.717) is 11.0 Å². The Morgan fingerprint density at radius 2 is 2.00 bits per heavy atom. The van der Waals surface area contributed by atoms with Gasteiger partial charge in [0.15, 0.2) is 0 Å². The lowest BCUT2D eigenvalue weighted by atomic mass is 9.85. The molecular weight excluding hydrogens is 252 g/mol. The highest BCUT2D eigenvalue weighted by molar-refractivity contribution is 7.80. The van der Waals surface area contributed by atoms with E-state index in [9.17, 15) is 0 Å². The van der Waals surface area contributed by atoms with Crippen LogP contribution in [0.2, 0.25) is 0 Å². The molecule has 0 bridgehead atoms. The lowest BCUT2D eigenvalue weighted by Gasteiger charge is -2.42. The summed E-state index contributed by atoms with van der Waals surface area (Å²) in [7, 11) is 0. The molecule has 0 aliphatic carbocycles. The number of thiocarbonyl (C=S) groups is 1. The van der Waals surface area contributed by atoms with E-state index < -0.39 is 0 Å². The molecule has 0 amide bonds. The van der Waals surface area contributed by atoms with E-state index in [-0.39, 0.29) is 0 Å². The first-order chi connectivity index (χ1) is 8.90. The predicted molar refractivity (Wildman–Crippen MR) is 86.8 cm³/mol. The molecule has 1 saturated heterocycles. The molecule has 1 aromatic rings. The fourth-order valence-electron chi connectivity index (χ4n) is 3.16. The van der Waals surface area contributed by atoms with Gasteiger partial charge < -0.3 is 10.6 Å². The summed E-state index contributed by atoms with van der Waals surface area (Å²) in [5.74, 6) is 1.49. The summed E-state index contributed by atoms with van der Waals surface area (Å²) < 4.78 is 0. The first kappa shape index (κ1) is 14.3. The van der Waals surface area contributed by atoms with E-state index in [2.05, 4.69) is 50.8 Å². The van der Waals surface area contributed by atoms with Crippen molar-refractivity contribution in [1.82, 2.24) is 0 Å². The molecule has 1 aromatic carbocycles. The summed E-state index contributed by atoms with van der Waals surface area (Å²) in [6, 6.07) is 7.02. The van der Waals surface area contributed by atoms with E-state index in [4.69, 9.17) is 18.0 Å². The zero-order chi connectivity index (χ0) is 14.2. The van der Waals surface area contributed by atoms with Crippen LogP contribution in [0.4, 0.5) is 5.69 Å². The molecule has 1 heterocycles. The van der Waals surface area contributed by atoms with Gasteiger partial charge in [0.1, 0.15) is 4.99 Å². The Kier molecular flexibility index (Phi) is 4.14. The van der Waals surface area contributed by atoms with Crippen LogP contribution in [-0.4, -0.2) is 17.6 Å². The maximum absolute atomic E-state index is 5.73. The highest BCUT2D eigenvalue weighted by atomic mass is 32.1. The molecule has 0 radical (unpaired) electrons. The largest absolute Gasteiger partial charge is 0.389 e. The number of anilines is 1. The molecule has 2 N–H and O–H groups in total. The smallest absolute Gasteiger partial charge is 0.104 e. The Morgan fingerprint density at radius 1 is 1.32 bits per heavy atom. The molecule has 1 aliphatic heterocycles. The number of nitrogens with two attached hydrogens (primary N) is 1. The number of nitrogens with zero attached hydrogens (tertiary/aromatic N) is 1. The Morgan fingerprint density at radius 3 is 2.58 bits per heavy atom. The third-order valence-corrected chi connectivity index (χ3v) is 4.62. The average Bonchev–Trinajstić information content (AvgIpc) is 2.33. The molecule has 0 spiro atoms. The van der Waals surface area contributed by atoms with Crippen LogP contribution in [0.1, 0.15) is 38.3 Å². The van der Waals surface area contributed by atoms with Gasteiger partial charge in [0.05, 0.1) is 0 Å². The monoisotopic (exact) mass is 276 g/mol. The molecule has 3 atom stereocenters. The van der Waals surface area contributed by atoms with Crippen LogP contribution in [0.15, 0.2) is 18.2 Å². The van der Waals surface area contributed by atoms with Crippen LogP contribution < -0.4 is 10.6 Å². The van der Waals surface area contributed by atoms with Crippen LogP contribution >= 0.6 is 12.2 Å². The summed E-state index contributed by atoms with van der Waals surface area (Å²) in [6.07, 6.45) is 1.32. The summed E-state index contributed by atoms with van der Waals surface area (Å²) in [5.41, 5.74) is 9.19. The first-order valence-corrected chi connectivity index (χ1v) is 7.48. The molecule has 2 nitrogen and oxygen atoms in total. The Hall–Kier alpha value is -1.09. The SMILES string of the molecule is Cc1cc(N2CC(C)CC(C)C2C)ccc1C(N)=S. The standard InChI is InChI=1S/C16H24N2S/c1-10-7-11(2)13(4)18(9-10)14-5-6-15(16(17)19)12(3)8-14/h5-6,8,10-11,13H,7,9H2,1-4H3,(H2,17,19). The van der Waals surface area contributed by atoms with Crippen molar-refractivity contribution in [2.45, 2.75) is 40.2 Å². The Balaban J connectivity index is 2.31. The van der Waals surface area contributed by atoms with Gasteiger partial charge in [0.25, 0.3) is 0 Å². The molecule has 2 rings (SSSR count). The average molecular weight is 276 g/mol. The van der Waals surface area contributed by atoms with Crippen molar-refractivity contribution in [3.05, 3.63) is 29.3 Å². The minimum Gasteiger partial charge on any atom is -0.389 e. The van der Waals surface area contributed by atoms with Crippen LogP contribution in [0.3, 0.4) is 0 Å². The van der Waals surface area contributed by atoms with Crippen LogP contribution in [0, 0.1) is 18.8 Å². The molecule has 19 heavy (non-hydrogen) atoms. The van der Waals surface area contributed by atoms with Gasteiger partial charge in [-0.1, -0.05) is 26.1 Å². The minimum atomic E-state index is 0.484. The molecular formula is C16H24N2S. The van der Waals surface area contributed by atoms with Crippen molar-refractivity contribution in [1.29, 1.82) is 0 Å². The topological polar surface area (TPSA) is 29.3 Å². The molecule has 0 saturated carbocycles. The summed E-state index contributed by atoms with van der Waals surface area (Å²) in [6.45, 7) is 10.2. The summed E-state index contributed by atoms with van der Waals surface area (Å²) in [4.78, 5) is 3.01. The van der Waals surface area contributed by atoms with Crippen molar-refractivity contribution in [2.75, 3.05) is 11.4 Å². The quantitative estimate of drug-likeness (QED) is 0.838. The second kappa shape index (κ2) is 5.49. The minimum absolute atomic E-state index is 0.484. The lowest BCUT2D eigenvalue weighted by Crippen LogP contribution is -2.45. The van der Waals surface area contributed by atoms with Crippen molar-refractivity contribution >= 4 is 22.9 Å². The Bertz CT molecular complexity index is 484. The van der Waals surface area contributed by atoms with Gasteiger partial charge in [-0.3, -0.25) is 0 Å². The molecule has 1 aliphatic rings. The van der Waals surface area contributed by atoms with Crippen molar-refractivity contribution in [3.8, 4) is 0 Å². The van der Waals surface area contributed by atoms with E-state index in [1.165, 1.54) is 17.7 Å². The lowest BCUT2D eigenvalue weighted by molar-refractivity contribution is 0.297. The molecule has 1 fully saturated rings. The fraction of sp³-hybridized carbons (Fsp3) is 0.562. The number of piperidine rings is 1. The number of hydrogen-bond acceptors (Lipinski definition) is 2. The van der Waals surface area contributed by atoms with Crippen molar-refractivity contribution < 1.29 is 0 Å².